The van der Waals surface area contributed by atoms with E-state index in [2.05, 4.69) is 20.2 Å². The van der Waals surface area contributed by atoms with Gasteiger partial charge in [-0.1, -0.05) is 0 Å². The molecule has 1 aromatic heterocycles. The third-order valence-corrected chi connectivity index (χ3v) is 4.58. The highest BCUT2D eigenvalue weighted by Gasteiger charge is 2.21. The Morgan fingerprint density at radius 3 is 3.05 bits per heavy atom. The lowest BCUT2D eigenvalue weighted by molar-refractivity contribution is 0.119. The molecule has 0 spiro atoms. The monoisotopic (exact) mass is 290 g/mol. The van der Waals surface area contributed by atoms with Crippen LogP contribution >= 0.6 is 0 Å². The van der Waals surface area contributed by atoms with E-state index in [1.54, 1.807) is 0 Å². The van der Waals surface area contributed by atoms with Crippen LogP contribution in [-0.2, 0) is 12.8 Å². The average molecular weight is 290 g/mol. The van der Waals surface area contributed by atoms with E-state index in [1.807, 2.05) is 13.1 Å². The van der Waals surface area contributed by atoms with Crippen molar-refractivity contribution in [2.75, 3.05) is 26.2 Å². The summed E-state index contributed by atoms with van der Waals surface area (Å²) in [6.07, 6.45) is 7.34. The molecule has 2 unspecified atom stereocenters. The first kappa shape index (κ1) is 14.9. The summed E-state index contributed by atoms with van der Waals surface area (Å²) >= 11 is 0. The molecule has 5 heteroatoms. The van der Waals surface area contributed by atoms with Gasteiger partial charge in [-0.05, 0) is 57.7 Å². The van der Waals surface area contributed by atoms with Gasteiger partial charge in [-0.2, -0.15) is 0 Å². The minimum absolute atomic E-state index is 0.265. The second kappa shape index (κ2) is 6.81. The largest absolute Gasteiger partial charge is 0.390 e. The molecule has 1 aromatic rings. The molecule has 21 heavy (non-hydrogen) atoms. The molecule has 2 atom stereocenters. The Morgan fingerprint density at radius 1 is 1.43 bits per heavy atom. The minimum atomic E-state index is -0.265. The van der Waals surface area contributed by atoms with E-state index in [9.17, 15) is 5.11 Å². The zero-order valence-electron chi connectivity index (χ0n) is 12.9. The van der Waals surface area contributed by atoms with Crippen molar-refractivity contribution in [3.05, 3.63) is 23.3 Å². The number of aliphatic hydroxyl groups excluding tert-OH is 1. The molecule has 1 fully saturated rings. The number of hydrogen-bond acceptors (Lipinski definition) is 5. The first-order valence-electron chi connectivity index (χ1n) is 8.16. The number of fused-ring (bicyclic) bond motifs is 1. The first-order valence-corrected chi connectivity index (χ1v) is 8.16. The maximum absolute atomic E-state index is 10.1. The molecule has 1 aliphatic carbocycles. The quantitative estimate of drug-likeness (QED) is 0.835. The van der Waals surface area contributed by atoms with Gasteiger partial charge in [0.15, 0.2) is 0 Å². The zero-order chi connectivity index (χ0) is 14.7. The lowest BCUT2D eigenvalue weighted by atomic mass is 9.92. The maximum Gasteiger partial charge on any atom is 0.125 e. The second-order valence-corrected chi connectivity index (χ2v) is 6.40. The fourth-order valence-corrected chi connectivity index (χ4v) is 3.41. The van der Waals surface area contributed by atoms with Crippen LogP contribution in [0.1, 0.15) is 36.3 Å². The van der Waals surface area contributed by atoms with Crippen molar-refractivity contribution in [1.29, 1.82) is 0 Å². The molecular weight excluding hydrogens is 264 g/mol. The van der Waals surface area contributed by atoms with E-state index in [-0.39, 0.29) is 6.10 Å². The normalized spacial score (nSPS) is 24.0. The molecule has 5 nitrogen and oxygen atoms in total. The van der Waals surface area contributed by atoms with Crippen molar-refractivity contribution in [2.24, 2.45) is 0 Å². The highest BCUT2D eigenvalue weighted by atomic mass is 16.3. The van der Waals surface area contributed by atoms with Crippen LogP contribution < -0.4 is 5.32 Å². The molecule has 1 saturated heterocycles. The number of nitrogens with zero attached hydrogens (tertiary/aromatic N) is 3. The topological polar surface area (TPSA) is 61.3 Å². The second-order valence-electron chi connectivity index (χ2n) is 6.40. The number of likely N-dealkylation sites (tertiary alicyclic amines) is 1. The molecule has 0 aromatic carbocycles. The van der Waals surface area contributed by atoms with E-state index in [1.165, 1.54) is 24.1 Å². The smallest absolute Gasteiger partial charge is 0.125 e. The lowest BCUT2D eigenvalue weighted by Crippen LogP contribution is -2.43. The Balaban J connectivity index is 1.45. The first-order chi connectivity index (χ1) is 10.2. The SMILES string of the molecule is Cc1ncc2c(n1)CCC(NCC(O)CN1CCCC1)C2. The summed E-state index contributed by atoms with van der Waals surface area (Å²) < 4.78 is 0. The molecule has 1 aliphatic heterocycles. The molecule has 0 radical (unpaired) electrons. The number of rotatable bonds is 5. The minimum Gasteiger partial charge on any atom is -0.390 e. The van der Waals surface area contributed by atoms with Crippen molar-refractivity contribution < 1.29 is 5.11 Å². The predicted molar refractivity (Wildman–Crippen MR) is 82.3 cm³/mol. The van der Waals surface area contributed by atoms with Crippen molar-refractivity contribution in [3.63, 3.8) is 0 Å². The van der Waals surface area contributed by atoms with E-state index in [4.69, 9.17) is 0 Å². The van der Waals surface area contributed by atoms with Gasteiger partial charge in [0, 0.05) is 31.0 Å². The number of aliphatic hydroxyl groups is 1. The zero-order valence-corrected chi connectivity index (χ0v) is 12.9. The number of nitrogens with one attached hydrogen (secondary N) is 1. The predicted octanol–water partition coefficient (Wildman–Crippen LogP) is 0.689. The summed E-state index contributed by atoms with van der Waals surface area (Å²) in [5.74, 6) is 0.862. The fraction of sp³-hybridized carbons (Fsp3) is 0.750. The molecule has 0 amide bonds. The van der Waals surface area contributed by atoms with Crippen LogP contribution in [0.5, 0.6) is 0 Å². The van der Waals surface area contributed by atoms with Crippen molar-refractivity contribution in [3.8, 4) is 0 Å². The Labute approximate surface area is 126 Å². The van der Waals surface area contributed by atoms with Crippen LogP contribution in [-0.4, -0.2) is 58.3 Å². The number of β-amino-alcohol motifs (C(OH)–C–C–N with tert-alkyl or cyclic N) is 1. The molecule has 3 rings (SSSR count). The highest BCUT2D eigenvalue weighted by molar-refractivity contribution is 5.22. The van der Waals surface area contributed by atoms with Gasteiger partial charge in [-0.25, -0.2) is 9.97 Å². The van der Waals surface area contributed by atoms with Crippen molar-refractivity contribution >= 4 is 0 Å². The Bertz CT molecular complexity index is 473. The molecule has 0 saturated carbocycles. The van der Waals surface area contributed by atoms with Gasteiger partial charge in [0.25, 0.3) is 0 Å². The third kappa shape index (κ3) is 3.99. The molecule has 2 aliphatic rings. The third-order valence-electron chi connectivity index (χ3n) is 4.58. The Hall–Kier alpha value is -1.04. The van der Waals surface area contributed by atoms with Gasteiger partial charge in [0.05, 0.1) is 6.10 Å². The molecule has 2 N–H and O–H groups in total. The molecule has 2 heterocycles. The van der Waals surface area contributed by atoms with E-state index < -0.39 is 0 Å². The molecule has 116 valence electrons. The lowest BCUT2D eigenvalue weighted by Gasteiger charge is -2.27. The van der Waals surface area contributed by atoms with Crippen LogP contribution in [0, 0.1) is 6.92 Å². The van der Waals surface area contributed by atoms with Crippen LogP contribution in [0.2, 0.25) is 0 Å². The van der Waals surface area contributed by atoms with Gasteiger partial charge in [-0.15, -0.1) is 0 Å². The molecule has 0 bridgehead atoms. The summed E-state index contributed by atoms with van der Waals surface area (Å²) in [7, 11) is 0. The van der Waals surface area contributed by atoms with E-state index in [0.717, 1.165) is 44.7 Å². The summed E-state index contributed by atoms with van der Waals surface area (Å²) in [6.45, 7) is 5.72. The standard InChI is InChI=1S/C16H26N4O/c1-12-17-9-13-8-14(4-5-16(13)19-12)18-10-15(21)11-20-6-2-3-7-20/h9,14-15,18,21H,2-8,10-11H2,1H3. The number of hydrogen-bond donors (Lipinski definition) is 2. The van der Waals surface area contributed by atoms with Crippen molar-refractivity contribution in [2.45, 2.75) is 51.2 Å². The fourth-order valence-electron chi connectivity index (χ4n) is 3.41. The van der Waals surface area contributed by atoms with Gasteiger partial charge in [0.1, 0.15) is 5.82 Å². The maximum atomic E-state index is 10.1. The van der Waals surface area contributed by atoms with Gasteiger partial charge >= 0.3 is 0 Å². The van der Waals surface area contributed by atoms with Crippen LogP contribution in [0.15, 0.2) is 6.20 Å². The summed E-state index contributed by atoms with van der Waals surface area (Å²) in [5.41, 5.74) is 2.47. The number of aryl methyl sites for hydroxylation is 2. The summed E-state index contributed by atoms with van der Waals surface area (Å²) in [6, 6.07) is 0.442. The van der Waals surface area contributed by atoms with Crippen LogP contribution in [0.3, 0.4) is 0 Å². The van der Waals surface area contributed by atoms with E-state index in [0.29, 0.717) is 12.6 Å². The number of aromatic nitrogens is 2. The van der Waals surface area contributed by atoms with Crippen LogP contribution in [0.4, 0.5) is 0 Å². The highest BCUT2D eigenvalue weighted by Crippen LogP contribution is 2.19. The summed E-state index contributed by atoms with van der Waals surface area (Å²) in [5, 5.41) is 13.7. The summed E-state index contributed by atoms with van der Waals surface area (Å²) in [4.78, 5) is 11.2. The van der Waals surface area contributed by atoms with E-state index >= 15 is 0 Å². The van der Waals surface area contributed by atoms with Gasteiger partial charge in [-0.3, -0.25) is 0 Å². The Kier molecular flexibility index (Phi) is 4.83. The van der Waals surface area contributed by atoms with Gasteiger partial charge < -0.3 is 15.3 Å². The van der Waals surface area contributed by atoms with Gasteiger partial charge in [0.2, 0.25) is 0 Å². The average Bonchev–Trinajstić information content (AvgIpc) is 2.98. The van der Waals surface area contributed by atoms with Crippen molar-refractivity contribution in [1.82, 2.24) is 20.2 Å². The Morgan fingerprint density at radius 2 is 2.24 bits per heavy atom. The van der Waals surface area contributed by atoms with Crippen LogP contribution in [0.25, 0.3) is 0 Å². The molecular formula is C16H26N4O.